The first-order valence-electron chi connectivity index (χ1n) is 6.14. The molecule has 0 bridgehead atoms. The van der Waals surface area contributed by atoms with Crippen LogP contribution < -0.4 is 5.73 Å². The van der Waals surface area contributed by atoms with E-state index >= 15 is 0 Å². The average molecular weight is 239 g/mol. The Labute approximate surface area is 102 Å². The van der Waals surface area contributed by atoms with E-state index < -0.39 is 0 Å². The van der Waals surface area contributed by atoms with Crippen LogP contribution in [0.3, 0.4) is 0 Å². The zero-order chi connectivity index (χ0) is 12.7. The fraction of sp³-hybridized carbons (Fsp3) is 0.750. The molecule has 2 atom stereocenters. The Kier molecular flexibility index (Phi) is 5.83. The Morgan fingerprint density at radius 1 is 1.71 bits per heavy atom. The van der Waals surface area contributed by atoms with Gasteiger partial charge >= 0.3 is 5.97 Å². The van der Waals surface area contributed by atoms with Crippen molar-refractivity contribution in [1.29, 1.82) is 5.41 Å². The molecule has 0 saturated heterocycles. The molecule has 2 unspecified atom stereocenters. The van der Waals surface area contributed by atoms with Gasteiger partial charge in [-0.15, -0.1) is 0 Å². The summed E-state index contributed by atoms with van der Waals surface area (Å²) in [4.78, 5) is 15.6. The molecule has 0 amide bonds. The van der Waals surface area contributed by atoms with Crippen molar-refractivity contribution in [2.24, 2.45) is 16.6 Å². The van der Waals surface area contributed by atoms with Gasteiger partial charge in [-0.3, -0.25) is 9.79 Å². The van der Waals surface area contributed by atoms with Gasteiger partial charge in [0.2, 0.25) is 0 Å². The molecule has 0 aromatic rings. The number of ether oxygens (including phenoxy) is 1. The summed E-state index contributed by atoms with van der Waals surface area (Å²) in [5.74, 6) is -0.412. The quantitative estimate of drug-likeness (QED) is 0.557. The first-order valence-corrected chi connectivity index (χ1v) is 6.14. The minimum atomic E-state index is -0.303. The topological polar surface area (TPSA) is 88.5 Å². The second-order valence-electron chi connectivity index (χ2n) is 4.28. The monoisotopic (exact) mass is 239 g/mol. The number of nitrogens with two attached hydrogens (primary N) is 1. The van der Waals surface area contributed by atoms with Crippen molar-refractivity contribution in [3.63, 3.8) is 0 Å². The van der Waals surface area contributed by atoms with Gasteiger partial charge in [-0.05, 0) is 25.7 Å². The van der Waals surface area contributed by atoms with Crippen molar-refractivity contribution >= 4 is 17.9 Å². The van der Waals surface area contributed by atoms with Crippen LogP contribution in [0.4, 0.5) is 0 Å². The van der Waals surface area contributed by atoms with Crippen molar-refractivity contribution in [2.75, 3.05) is 13.2 Å². The van der Waals surface area contributed by atoms with Gasteiger partial charge in [-0.2, -0.15) is 0 Å². The molecule has 5 heteroatoms. The molecular formula is C12H21N3O2. The van der Waals surface area contributed by atoms with Crippen LogP contribution in [0.5, 0.6) is 0 Å². The second-order valence-corrected chi connectivity index (χ2v) is 4.28. The number of hydrogen-bond donors (Lipinski definition) is 2. The highest BCUT2D eigenvalue weighted by Crippen LogP contribution is 2.19. The highest BCUT2D eigenvalue weighted by molar-refractivity contribution is 6.00. The summed E-state index contributed by atoms with van der Waals surface area (Å²) in [5, 5.41) is 7.35. The van der Waals surface area contributed by atoms with Crippen molar-refractivity contribution in [3.8, 4) is 0 Å². The summed E-state index contributed by atoms with van der Waals surface area (Å²) in [6.45, 7) is 2.44. The van der Waals surface area contributed by atoms with Gasteiger partial charge in [0.1, 0.15) is 6.54 Å². The average Bonchev–Trinajstić information content (AvgIpc) is 2.33. The molecule has 0 spiro atoms. The Balaban J connectivity index is 2.51. The summed E-state index contributed by atoms with van der Waals surface area (Å²) in [7, 11) is 0. The number of esters is 1. The van der Waals surface area contributed by atoms with Crippen molar-refractivity contribution < 1.29 is 9.53 Å². The predicted molar refractivity (Wildman–Crippen MR) is 67.7 cm³/mol. The summed E-state index contributed by atoms with van der Waals surface area (Å²) in [6.07, 6.45) is 4.87. The summed E-state index contributed by atoms with van der Waals surface area (Å²) >= 11 is 0. The van der Waals surface area contributed by atoms with Crippen molar-refractivity contribution in [1.82, 2.24) is 0 Å². The van der Waals surface area contributed by atoms with E-state index in [1.54, 1.807) is 0 Å². The SMILES string of the molecule is CCCOC(=O)CN=C1CCCC(N)C1C=N. The van der Waals surface area contributed by atoms with Crippen LogP contribution in [0, 0.1) is 11.3 Å². The molecule has 0 radical (unpaired) electrons. The van der Waals surface area contributed by atoms with E-state index in [2.05, 4.69) is 4.99 Å². The van der Waals surface area contributed by atoms with E-state index in [1.165, 1.54) is 6.21 Å². The van der Waals surface area contributed by atoms with Gasteiger partial charge in [0, 0.05) is 23.9 Å². The molecule has 5 nitrogen and oxygen atoms in total. The standard InChI is InChI=1S/C12H21N3O2/c1-2-6-17-12(16)8-15-11-5-3-4-10(14)9(11)7-13/h7,9-10,13H,2-6,8,14H2,1H3. The minimum Gasteiger partial charge on any atom is -0.464 e. The number of carbonyl (C=O) groups excluding carboxylic acids is 1. The first kappa shape index (κ1) is 13.8. The van der Waals surface area contributed by atoms with Crippen LogP contribution in [-0.2, 0) is 9.53 Å². The summed E-state index contributed by atoms with van der Waals surface area (Å²) < 4.78 is 4.94. The van der Waals surface area contributed by atoms with Crippen LogP contribution in [-0.4, -0.2) is 37.1 Å². The molecule has 0 heterocycles. The van der Waals surface area contributed by atoms with Crippen LogP contribution in [0.15, 0.2) is 4.99 Å². The second kappa shape index (κ2) is 7.17. The van der Waals surface area contributed by atoms with Crippen LogP contribution in [0.2, 0.25) is 0 Å². The van der Waals surface area contributed by atoms with E-state index in [4.69, 9.17) is 15.9 Å². The largest absolute Gasteiger partial charge is 0.464 e. The number of nitrogens with zero attached hydrogens (tertiary/aromatic N) is 1. The molecule has 0 aromatic heterocycles. The maximum absolute atomic E-state index is 11.3. The minimum absolute atomic E-state index is 0.0355. The molecule has 0 aliphatic heterocycles. The summed E-state index contributed by atoms with van der Waals surface area (Å²) in [6, 6.07) is -0.0355. The maximum atomic E-state index is 11.3. The van der Waals surface area contributed by atoms with Gasteiger partial charge in [0.05, 0.1) is 6.61 Å². The molecule has 1 aliphatic carbocycles. The molecule has 17 heavy (non-hydrogen) atoms. The zero-order valence-corrected chi connectivity index (χ0v) is 10.3. The fourth-order valence-corrected chi connectivity index (χ4v) is 1.94. The van der Waals surface area contributed by atoms with Crippen LogP contribution >= 0.6 is 0 Å². The van der Waals surface area contributed by atoms with E-state index in [9.17, 15) is 4.79 Å². The lowest BCUT2D eigenvalue weighted by atomic mass is 9.84. The number of carbonyl (C=O) groups is 1. The Hall–Kier alpha value is -1.23. The Morgan fingerprint density at radius 2 is 2.47 bits per heavy atom. The zero-order valence-electron chi connectivity index (χ0n) is 10.3. The van der Waals surface area contributed by atoms with Gasteiger partial charge in [0.25, 0.3) is 0 Å². The van der Waals surface area contributed by atoms with Crippen LogP contribution in [0.1, 0.15) is 32.6 Å². The van der Waals surface area contributed by atoms with Crippen molar-refractivity contribution in [3.05, 3.63) is 0 Å². The van der Waals surface area contributed by atoms with Crippen LogP contribution in [0.25, 0.3) is 0 Å². The molecule has 96 valence electrons. The lowest BCUT2D eigenvalue weighted by Gasteiger charge is -2.27. The number of rotatable bonds is 5. The molecule has 0 aromatic carbocycles. The lowest BCUT2D eigenvalue weighted by Crippen LogP contribution is -2.40. The highest BCUT2D eigenvalue weighted by atomic mass is 16.5. The molecule has 1 saturated carbocycles. The fourth-order valence-electron chi connectivity index (χ4n) is 1.94. The number of hydrogen-bond acceptors (Lipinski definition) is 5. The summed E-state index contributed by atoms with van der Waals surface area (Å²) in [5.41, 5.74) is 6.79. The third kappa shape index (κ3) is 4.26. The highest BCUT2D eigenvalue weighted by Gasteiger charge is 2.25. The lowest BCUT2D eigenvalue weighted by molar-refractivity contribution is -0.141. The predicted octanol–water partition coefficient (Wildman–Crippen LogP) is 1.16. The van der Waals surface area contributed by atoms with Gasteiger partial charge in [-0.25, -0.2) is 0 Å². The number of aliphatic imine (C=N–C) groups is 1. The van der Waals surface area contributed by atoms with Crippen molar-refractivity contribution in [2.45, 2.75) is 38.6 Å². The Morgan fingerprint density at radius 3 is 3.12 bits per heavy atom. The molecule has 1 aliphatic rings. The van der Waals surface area contributed by atoms with E-state index in [-0.39, 0.29) is 24.5 Å². The molecule has 3 N–H and O–H groups in total. The smallest absolute Gasteiger partial charge is 0.327 e. The van der Waals surface area contributed by atoms with E-state index in [0.717, 1.165) is 31.4 Å². The third-order valence-corrected chi connectivity index (χ3v) is 2.87. The normalized spacial score (nSPS) is 26.8. The molecule has 1 fully saturated rings. The van der Waals surface area contributed by atoms with Gasteiger partial charge in [-0.1, -0.05) is 6.92 Å². The van der Waals surface area contributed by atoms with E-state index in [0.29, 0.717) is 6.61 Å². The first-order chi connectivity index (χ1) is 8.19. The van der Waals surface area contributed by atoms with Gasteiger partial charge < -0.3 is 15.9 Å². The van der Waals surface area contributed by atoms with E-state index in [1.807, 2.05) is 6.92 Å². The Bertz CT molecular complexity index is 302. The molecule has 1 rings (SSSR count). The van der Waals surface area contributed by atoms with Gasteiger partial charge in [0.15, 0.2) is 0 Å². The maximum Gasteiger partial charge on any atom is 0.327 e. The third-order valence-electron chi connectivity index (χ3n) is 2.87. The molecular weight excluding hydrogens is 218 g/mol. The number of nitrogens with one attached hydrogen (secondary N) is 1.